The summed E-state index contributed by atoms with van der Waals surface area (Å²) >= 11 is 9.53. The van der Waals surface area contributed by atoms with Crippen LogP contribution in [-0.4, -0.2) is 77.3 Å². The van der Waals surface area contributed by atoms with Gasteiger partial charge in [0.15, 0.2) is 11.3 Å². The molecule has 216 valence electrons. The lowest BCUT2D eigenvalue weighted by Gasteiger charge is -2.33. The number of ether oxygens (including phenoxy) is 1. The van der Waals surface area contributed by atoms with E-state index in [0.717, 1.165) is 50.3 Å². The molecule has 6 heterocycles. The van der Waals surface area contributed by atoms with Crippen LogP contribution in [0.3, 0.4) is 0 Å². The van der Waals surface area contributed by atoms with Gasteiger partial charge in [0.1, 0.15) is 18.3 Å². The zero-order valence-electron chi connectivity index (χ0n) is 23.3. The van der Waals surface area contributed by atoms with E-state index in [-0.39, 0.29) is 11.4 Å². The summed E-state index contributed by atoms with van der Waals surface area (Å²) in [7, 11) is 0. The molecule has 6 rings (SSSR count). The fourth-order valence-electron chi connectivity index (χ4n) is 5.05. The molecule has 1 amide bonds. The van der Waals surface area contributed by atoms with Crippen molar-refractivity contribution >= 4 is 40.6 Å². The van der Waals surface area contributed by atoms with Crippen LogP contribution in [0, 0.1) is 0 Å². The van der Waals surface area contributed by atoms with Crippen molar-refractivity contribution in [3.05, 3.63) is 60.4 Å². The van der Waals surface area contributed by atoms with E-state index < -0.39 is 5.60 Å². The molecule has 1 N–H and O–H groups in total. The van der Waals surface area contributed by atoms with Crippen molar-refractivity contribution in [3.63, 3.8) is 0 Å². The molecule has 0 unspecified atom stereocenters. The molecule has 0 aliphatic carbocycles. The smallest absolute Gasteiger partial charge is 0.410 e. The molecule has 2 saturated heterocycles. The average molecular weight is 590 g/mol. The highest BCUT2D eigenvalue weighted by atomic mass is 35.5. The highest BCUT2D eigenvalue weighted by Crippen LogP contribution is 2.29. The van der Waals surface area contributed by atoms with Crippen LogP contribution in [0.5, 0.6) is 0 Å². The number of halogens is 2. The third kappa shape index (κ3) is 8.28. The van der Waals surface area contributed by atoms with E-state index in [1.165, 1.54) is 24.0 Å². The van der Waals surface area contributed by atoms with Crippen LogP contribution in [-0.2, 0) is 4.74 Å². The molecule has 0 bridgehead atoms. The summed E-state index contributed by atoms with van der Waals surface area (Å²) in [5.74, 6) is 1.15. The van der Waals surface area contributed by atoms with E-state index in [1.54, 1.807) is 17.6 Å². The molecule has 0 saturated carbocycles. The maximum absolute atomic E-state index is 12.1. The predicted molar refractivity (Wildman–Crippen MR) is 157 cm³/mol. The van der Waals surface area contributed by atoms with E-state index in [2.05, 4.69) is 50.0 Å². The third-order valence-electron chi connectivity index (χ3n) is 7.08. The van der Waals surface area contributed by atoms with Gasteiger partial charge in [0.25, 0.3) is 0 Å². The molecule has 2 aliphatic heterocycles. The minimum Gasteiger partial charge on any atom is -0.444 e. The van der Waals surface area contributed by atoms with Crippen LogP contribution >= 0.6 is 23.2 Å². The maximum Gasteiger partial charge on any atom is 0.410 e. The van der Waals surface area contributed by atoms with Crippen LogP contribution < -0.4 is 5.32 Å². The summed E-state index contributed by atoms with van der Waals surface area (Å²) in [5, 5.41) is 19.5. The van der Waals surface area contributed by atoms with Gasteiger partial charge in [-0.15, -0.1) is 43.6 Å². The van der Waals surface area contributed by atoms with E-state index in [0.29, 0.717) is 11.8 Å². The molecule has 0 spiro atoms. The van der Waals surface area contributed by atoms with Gasteiger partial charge in [-0.1, -0.05) is 0 Å². The van der Waals surface area contributed by atoms with Crippen molar-refractivity contribution in [1.29, 1.82) is 0 Å². The van der Waals surface area contributed by atoms with E-state index >= 15 is 0 Å². The Morgan fingerprint density at radius 3 is 1.85 bits per heavy atom. The Labute approximate surface area is 245 Å². The van der Waals surface area contributed by atoms with Crippen molar-refractivity contribution in [2.75, 3.05) is 31.5 Å². The van der Waals surface area contributed by atoms with Crippen molar-refractivity contribution < 1.29 is 9.53 Å². The predicted octanol–water partition coefficient (Wildman–Crippen LogP) is 5.46. The minimum absolute atomic E-state index is 0.194. The molecule has 2 aliphatic rings. The van der Waals surface area contributed by atoms with Gasteiger partial charge in [-0.3, -0.25) is 8.80 Å². The lowest BCUT2D eigenvalue weighted by molar-refractivity contribution is 0.0205. The zero-order chi connectivity index (χ0) is 28.5. The van der Waals surface area contributed by atoms with Crippen molar-refractivity contribution in [1.82, 2.24) is 39.4 Å². The fraction of sp³-hybridized carbons (Fsp3) is 0.536. The summed E-state index contributed by atoms with van der Waals surface area (Å²) in [6, 6.07) is 8.54. The third-order valence-corrected chi connectivity index (χ3v) is 7.08. The normalized spacial score (nSPS) is 16.7. The molecule has 0 aromatic carbocycles. The van der Waals surface area contributed by atoms with Gasteiger partial charge < -0.3 is 15.0 Å². The monoisotopic (exact) mass is 588 g/mol. The Hall–Kier alpha value is -2.95. The highest BCUT2D eigenvalue weighted by Gasteiger charge is 2.27. The SMILES string of the molecule is CC(C)(C)OC(=O)N1CCC(c2ccn3cnnc3c2)CC1.ClCCl.c1cn2cnnc2cc1C1CCNCC1. The number of pyridine rings is 2. The molecule has 12 heteroatoms. The molecule has 0 radical (unpaired) electrons. The molecule has 0 atom stereocenters. The number of nitrogens with one attached hydrogen (secondary N) is 1. The second kappa shape index (κ2) is 14.1. The minimum atomic E-state index is -0.438. The first-order chi connectivity index (χ1) is 19.3. The van der Waals surface area contributed by atoms with Crippen LogP contribution in [0.4, 0.5) is 4.79 Å². The number of carbonyl (C=O) groups is 1. The number of rotatable bonds is 2. The number of aromatic nitrogens is 6. The van der Waals surface area contributed by atoms with Gasteiger partial charge in [-0.05, 0) is 107 Å². The van der Waals surface area contributed by atoms with Gasteiger partial charge in [0.2, 0.25) is 0 Å². The summed E-state index contributed by atoms with van der Waals surface area (Å²) in [6.07, 6.45) is 11.6. The second-order valence-corrected chi connectivity index (χ2v) is 11.8. The Morgan fingerprint density at radius 2 is 1.38 bits per heavy atom. The largest absolute Gasteiger partial charge is 0.444 e. The number of alkyl halides is 2. The van der Waals surface area contributed by atoms with Crippen LogP contribution in [0.25, 0.3) is 11.3 Å². The van der Waals surface area contributed by atoms with Crippen LogP contribution in [0.2, 0.25) is 0 Å². The summed E-state index contributed by atoms with van der Waals surface area (Å²) < 4.78 is 9.28. The number of hydrogen-bond acceptors (Lipinski definition) is 7. The Balaban J connectivity index is 0.000000178. The standard InChI is InChI=1S/C16H22N4O2.C11H14N4.CH2Cl2/c1-16(2,3)22-15(21)19-7-4-12(5-8-19)13-6-9-20-11-17-18-14(20)10-13;1-4-12-5-2-9(1)10-3-6-15-8-13-14-11(15)7-10;2-1-3/h6,9-12H,4-5,7-8H2,1-3H3;3,6-9,12H,1-2,4-5H2;1H2. The van der Waals surface area contributed by atoms with E-state index in [9.17, 15) is 4.79 Å². The number of amides is 1. The van der Waals surface area contributed by atoms with E-state index in [1.807, 2.05) is 42.0 Å². The molecule has 4 aromatic rings. The topological polar surface area (TPSA) is 102 Å². The van der Waals surface area contributed by atoms with Gasteiger partial charge >= 0.3 is 6.09 Å². The molecule has 2 fully saturated rings. The second-order valence-electron chi connectivity index (χ2n) is 11.0. The summed E-state index contributed by atoms with van der Waals surface area (Å²) in [4.78, 5) is 13.9. The molecule has 4 aromatic heterocycles. The molecule has 10 nitrogen and oxygen atoms in total. The number of likely N-dealkylation sites (tertiary alicyclic amines) is 1. The number of piperidine rings is 2. The van der Waals surface area contributed by atoms with Gasteiger partial charge in [0, 0.05) is 25.5 Å². The summed E-state index contributed by atoms with van der Waals surface area (Å²) in [6.45, 7) is 9.41. The van der Waals surface area contributed by atoms with Crippen molar-refractivity contribution in [2.45, 2.75) is 63.9 Å². The Kier molecular flexibility index (Phi) is 10.6. The number of nitrogens with zero attached hydrogens (tertiary/aromatic N) is 7. The Bertz CT molecular complexity index is 1360. The van der Waals surface area contributed by atoms with Gasteiger partial charge in [-0.2, -0.15) is 0 Å². The van der Waals surface area contributed by atoms with Gasteiger partial charge in [0.05, 0.1) is 5.34 Å². The first-order valence-corrected chi connectivity index (χ1v) is 14.7. The van der Waals surface area contributed by atoms with Crippen LogP contribution in [0.15, 0.2) is 49.3 Å². The average Bonchev–Trinajstić information content (AvgIpc) is 3.62. The lowest BCUT2D eigenvalue weighted by atomic mass is 9.90. The van der Waals surface area contributed by atoms with Gasteiger partial charge in [-0.25, -0.2) is 4.79 Å². The quantitative estimate of drug-likeness (QED) is 0.310. The van der Waals surface area contributed by atoms with Crippen molar-refractivity contribution in [2.24, 2.45) is 0 Å². The highest BCUT2D eigenvalue weighted by molar-refractivity contribution is 6.40. The number of hydrogen-bond donors (Lipinski definition) is 1. The van der Waals surface area contributed by atoms with Crippen molar-refractivity contribution in [3.8, 4) is 0 Å². The maximum atomic E-state index is 12.1. The zero-order valence-corrected chi connectivity index (χ0v) is 24.9. The first-order valence-electron chi connectivity index (χ1n) is 13.7. The Morgan fingerprint density at radius 1 is 0.900 bits per heavy atom. The van der Waals surface area contributed by atoms with E-state index in [4.69, 9.17) is 27.9 Å². The number of fused-ring (bicyclic) bond motifs is 2. The summed E-state index contributed by atoms with van der Waals surface area (Å²) in [5.41, 5.74) is 4.05. The van der Waals surface area contributed by atoms with Crippen LogP contribution in [0.1, 0.15) is 69.4 Å². The molecular formula is C28H38Cl2N8O2. The lowest BCUT2D eigenvalue weighted by Crippen LogP contribution is -2.41. The fourth-order valence-corrected chi connectivity index (χ4v) is 5.05. The molecule has 40 heavy (non-hydrogen) atoms. The number of carbonyl (C=O) groups excluding carboxylic acids is 1. The first kappa shape index (κ1) is 30.0. The molecular weight excluding hydrogens is 551 g/mol.